The highest BCUT2D eigenvalue weighted by Crippen LogP contribution is 2.25. The number of ether oxygens (including phenoxy) is 1. The quantitative estimate of drug-likeness (QED) is 0.526. The zero-order valence-electron chi connectivity index (χ0n) is 8.52. The van der Waals surface area contributed by atoms with Crippen molar-refractivity contribution in [3.8, 4) is 0 Å². The summed E-state index contributed by atoms with van der Waals surface area (Å²) in [6.07, 6.45) is 0. The van der Waals surface area contributed by atoms with E-state index in [4.69, 9.17) is 4.74 Å². The molecule has 1 fully saturated rings. The second kappa shape index (κ2) is 3.50. The average Bonchev–Trinajstić information content (AvgIpc) is 1.79. The normalized spacial score (nSPS) is 17.8. The smallest absolute Gasteiger partial charge is 0.333 e. The summed E-state index contributed by atoms with van der Waals surface area (Å²) in [6, 6.07) is 0. The average molecular weight is 183 g/mol. The summed E-state index contributed by atoms with van der Waals surface area (Å²) >= 11 is 0. The van der Waals surface area contributed by atoms with Crippen molar-refractivity contribution in [3.63, 3.8) is 0 Å². The Balaban J connectivity index is 2.50. The van der Waals surface area contributed by atoms with Gasteiger partial charge in [0.1, 0.15) is 5.60 Å². The minimum atomic E-state index is -0.374. The summed E-state index contributed by atoms with van der Waals surface area (Å²) in [7, 11) is 0. The number of rotatable bonds is 3. The lowest BCUT2D eigenvalue weighted by Gasteiger charge is -2.40. The number of hydrogen-bond donors (Lipinski definition) is 1. The number of hydrogen-bond acceptors (Lipinski definition) is 3. The Morgan fingerprint density at radius 3 is 2.38 bits per heavy atom. The number of nitrogens with one attached hydrogen (secondary N) is 1. The summed E-state index contributed by atoms with van der Waals surface area (Å²) in [5.41, 5.74) is 0.0849. The predicted molar refractivity (Wildman–Crippen MR) is 51.3 cm³/mol. The second-order valence-electron chi connectivity index (χ2n) is 4.13. The van der Waals surface area contributed by atoms with Crippen LogP contribution in [0, 0.1) is 5.92 Å². The largest absolute Gasteiger partial charge is 0.456 e. The van der Waals surface area contributed by atoms with Gasteiger partial charge in [0.2, 0.25) is 0 Å². The molecule has 0 aromatic heterocycles. The molecule has 0 aromatic rings. The minimum Gasteiger partial charge on any atom is -0.456 e. The lowest BCUT2D eigenvalue weighted by atomic mass is 9.86. The van der Waals surface area contributed by atoms with Crippen molar-refractivity contribution < 1.29 is 9.53 Å². The first kappa shape index (κ1) is 10.3. The summed E-state index contributed by atoms with van der Waals surface area (Å²) < 4.78 is 5.32. The topological polar surface area (TPSA) is 38.3 Å². The van der Waals surface area contributed by atoms with Gasteiger partial charge in [-0.1, -0.05) is 6.58 Å². The Bertz CT molecular complexity index is 229. The van der Waals surface area contributed by atoms with Crippen LogP contribution in [-0.4, -0.2) is 24.7 Å². The molecule has 1 N–H and O–H groups in total. The van der Waals surface area contributed by atoms with E-state index in [0.29, 0.717) is 11.5 Å². The predicted octanol–water partition coefficient (Wildman–Crippen LogP) is 1.10. The molecule has 1 heterocycles. The standard InChI is InChI=1S/C10H17NO2/c1-7(2)9(12)13-10(3,4)8-5-11-6-8/h8,11H,1,5-6H2,2-4H3. The van der Waals surface area contributed by atoms with Crippen LogP contribution in [0.3, 0.4) is 0 Å². The molecular weight excluding hydrogens is 166 g/mol. The molecule has 3 nitrogen and oxygen atoms in total. The van der Waals surface area contributed by atoms with Crippen molar-refractivity contribution >= 4 is 5.97 Å². The fraction of sp³-hybridized carbons (Fsp3) is 0.700. The zero-order chi connectivity index (χ0) is 10.1. The van der Waals surface area contributed by atoms with Gasteiger partial charge in [0.05, 0.1) is 0 Å². The molecule has 0 radical (unpaired) electrons. The van der Waals surface area contributed by atoms with Crippen molar-refractivity contribution in [2.45, 2.75) is 26.4 Å². The molecule has 0 atom stereocenters. The summed E-state index contributed by atoms with van der Waals surface area (Å²) in [4.78, 5) is 11.3. The summed E-state index contributed by atoms with van der Waals surface area (Å²) in [6.45, 7) is 11.0. The van der Waals surface area contributed by atoms with Crippen LogP contribution in [0.2, 0.25) is 0 Å². The SMILES string of the molecule is C=C(C)C(=O)OC(C)(C)C1CNC1. The third-order valence-corrected chi connectivity index (χ3v) is 2.47. The molecule has 0 aromatic carbocycles. The van der Waals surface area contributed by atoms with E-state index in [1.807, 2.05) is 13.8 Å². The van der Waals surface area contributed by atoms with E-state index in [1.54, 1.807) is 6.92 Å². The second-order valence-corrected chi connectivity index (χ2v) is 4.13. The van der Waals surface area contributed by atoms with Gasteiger partial charge in [-0.25, -0.2) is 4.79 Å². The molecular formula is C10H17NO2. The summed E-state index contributed by atoms with van der Waals surface area (Å²) in [5, 5.41) is 3.16. The highest BCUT2D eigenvalue weighted by molar-refractivity contribution is 5.87. The van der Waals surface area contributed by atoms with Crippen LogP contribution in [-0.2, 0) is 9.53 Å². The molecule has 0 spiro atoms. The monoisotopic (exact) mass is 183 g/mol. The first-order valence-electron chi connectivity index (χ1n) is 4.53. The molecule has 74 valence electrons. The van der Waals surface area contributed by atoms with Crippen LogP contribution in [0.4, 0.5) is 0 Å². The van der Waals surface area contributed by atoms with Crippen LogP contribution in [0.1, 0.15) is 20.8 Å². The number of esters is 1. The molecule has 0 bridgehead atoms. The fourth-order valence-corrected chi connectivity index (χ4v) is 1.19. The maximum atomic E-state index is 11.3. The van der Waals surface area contributed by atoms with Crippen LogP contribution in [0.15, 0.2) is 12.2 Å². The molecule has 1 saturated heterocycles. The molecule has 3 heteroatoms. The van der Waals surface area contributed by atoms with Gasteiger partial charge in [-0.15, -0.1) is 0 Å². The number of carbonyl (C=O) groups is 1. The van der Waals surface area contributed by atoms with Crippen molar-refractivity contribution in [1.82, 2.24) is 5.32 Å². The fourth-order valence-electron chi connectivity index (χ4n) is 1.19. The van der Waals surface area contributed by atoms with Crippen LogP contribution < -0.4 is 5.32 Å². The van der Waals surface area contributed by atoms with Gasteiger partial charge in [0.25, 0.3) is 0 Å². The first-order valence-corrected chi connectivity index (χ1v) is 4.53. The maximum absolute atomic E-state index is 11.3. The maximum Gasteiger partial charge on any atom is 0.333 e. The molecule has 1 rings (SSSR count). The van der Waals surface area contributed by atoms with E-state index in [2.05, 4.69) is 11.9 Å². The van der Waals surface area contributed by atoms with Crippen LogP contribution in [0.25, 0.3) is 0 Å². The van der Waals surface area contributed by atoms with Gasteiger partial charge in [-0.2, -0.15) is 0 Å². The van der Waals surface area contributed by atoms with E-state index in [0.717, 1.165) is 13.1 Å². The molecule has 0 amide bonds. The molecule has 1 aliphatic heterocycles. The van der Waals surface area contributed by atoms with Crippen molar-refractivity contribution in [1.29, 1.82) is 0 Å². The molecule has 0 aliphatic carbocycles. The lowest BCUT2D eigenvalue weighted by molar-refractivity contribution is -0.158. The van der Waals surface area contributed by atoms with Gasteiger partial charge >= 0.3 is 5.97 Å². The van der Waals surface area contributed by atoms with Gasteiger partial charge in [0.15, 0.2) is 0 Å². The summed E-state index contributed by atoms with van der Waals surface area (Å²) in [5.74, 6) is 0.132. The minimum absolute atomic E-state index is 0.295. The highest BCUT2D eigenvalue weighted by atomic mass is 16.6. The van der Waals surface area contributed by atoms with Crippen LogP contribution >= 0.6 is 0 Å². The third kappa shape index (κ3) is 2.31. The Morgan fingerprint density at radius 2 is 2.08 bits per heavy atom. The van der Waals surface area contributed by atoms with Gasteiger partial charge in [-0.05, 0) is 20.8 Å². The Morgan fingerprint density at radius 1 is 1.54 bits per heavy atom. The number of carbonyl (C=O) groups excluding carboxylic acids is 1. The zero-order valence-corrected chi connectivity index (χ0v) is 8.52. The van der Waals surface area contributed by atoms with E-state index in [1.165, 1.54) is 0 Å². The molecule has 0 unspecified atom stereocenters. The molecule has 1 aliphatic rings. The van der Waals surface area contributed by atoms with Gasteiger partial charge in [0, 0.05) is 24.6 Å². The van der Waals surface area contributed by atoms with E-state index in [-0.39, 0.29) is 11.6 Å². The Kier molecular flexibility index (Phi) is 2.76. The van der Waals surface area contributed by atoms with E-state index < -0.39 is 0 Å². The third-order valence-electron chi connectivity index (χ3n) is 2.47. The first-order chi connectivity index (χ1) is 5.93. The highest BCUT2D eigenvalue weighted by Gasteiger charge is 2.37. The van der Waals surface area contributed by atoms with E-state index >= 15 is 0 Å². The van der Waals surface area contributed by atoms with Gasteiger partial charge < -0.3 is 10.1 Å². The Hall–Kier alpha value is -0.830. The van der Waals surface area contributed by atoms with E-state index in [9.17, 15) is 4.79 Å². The van der Waals surface area contributed by atoms with Crippen molar-refractivity contribution in [2.24, 2.45) is 5.92 Å². The Labute approximate surface area is 79.2 Å². The molecule has 0 saturated carbocycles. The van der Waals surface area contributed by atoms with Crippen molar-refractivity contribution in [3.05, 3.63) is 12.2 Å². The van der Waals surface area contributed by atoms with Crippen LogP contribution in [0.5, 0.6) is 0 Å². The lowest BCUT2D eigenvalue weighted by Crippen LogP contribution is -2.54. The van der Waals surface area contributed by atoms with Gasteiger partial charge in [-0.3, -0.25) is 0 Å². The molecule has 13 heavy (non-hydrogen) atoms. The van der Waals surface area contributed by atoms with Crippen molar-refractivity contribution in [2.75, 3.05) is 13.1 Å².